The van der Waals surface area contributed by atoms with Gasteiger partial charge in [-0.15, -0.1) is 5.10 Å². The molecule has 0 amide bonds. The summed E-state index contributed by atoms with van der Waals surface area (Å²) in [5.74, 6) is 0.814. The van der Waals surface area contributed by atoms with Gasteiger partial charge in [-0.1, -0.05) is 6.92 Å². The Kier molecular flexibility index (Phi) is 2.10. The summed E-state index contributed by atoms with van der Waals surface area (Å²) in [6.45, 7) is 2.15. The number of nitrogens with zero attached hydrogens (tertiary/aromatic N) is 4. The van der Waals surface area contributed by atoms with Gasteiger partial charge < -0.3 is 5.73 Å². The highest BCUT2D eigenvalue weighted by Crippen LogP contribution is 2.43. The summed E-state index contributed by atoms with van der Waals surface area (Å²) in [7, 11) is 0. The predicted molar refractivity (Wildman–Crippen MR) is 60.4 cm³/mol. The fourth-order valence-electron chi connectivity index (χ4n) is 1.93. The van der Waals surface area contributed by atoms with Crippen LogP contribution in [-0.2, 0) is 0 Å². The number of hydrogen-bond donors (Lipinski definition) is 1. The van der Waals surface area contributed by atoms with Crippen LogP contribution in [-0.4, -0.2) is 20.2 Å². The topological polar surface area (TPSA) is 69.6 Å². The molecule has 1 saturated carbocycles. The van der Waals surface area contributed by atoms with E-state index in [2.05, 4.69) is 22.4 Å². The third-order valence-corrected chi connectivity index (χ3v) is 3.13. The number of benzene rings is 1. The highest BCUT2D eigenvalue weighted by atomic mass is 19.1. The number of tetrazole rings is 1. The van der Waals surface area contributed by atoms with Crippen molar-refractivity contribution in [3.8, 4) is 11.4 Å². The first-order chi connectivity index (χ1) is 8.16. The number of hydrogen-bond acceptors (Lipinski definition) is 4. The fraction of sp³-hybridized carbons (Fsp3) is 0.364. The van der Waals surface area contributed by atoms with Gasteiger partial charge in [0.05, 0.1) is 11.7 Å². The van der Waals surface area contributed by atoms with Crippen molar-refractivity contribution in [2.75, 3.05) is 5.73 Å². The molecule has 0 aliphatic heterocycles. The lowest BCUT2D eigenvalue weighted by atomic mass is 10.2. The van der Waals surface area contributed by atoms with Crippen LogP contribution in [0.2, 0.25) is 0 Å². The van der Waals surface area contributed by atoms with Crippen molar-refractivity contribution >= 4 is 5.69 Å². The van der Waals surface area contributed by atoms with Crippen LogP contribution < -0.4 is 5.73 Å². The number of anilines is 1. The number of nitrogens with two attached hydrogens (primary N) is 1. The van der Waals surface area contributed by atoms with Gasteiger partial charge in [0.1, 0.15) is 5.82 Å². The van der Waals surface area contributed by atoms with Crippen molar-refractivity contribution in [1.29, 1.82) is 0 Å². The van der Waals surface area contributed by atoms with Crippen LogP contribution in [0.4, 0.5) is 10.1 Å². The molecule has 2 unspecified atom stereocenters. The Balaban J connectivity index is 2.03. The zero-order chi connectivity index (χ0) is 12.0. The van der Waals surface area contributed by atoms with E-state index in [1.54, 1.807) is 16.8 Å². The van der Waals surface area contributed by atoms with Gasteiger partial charge in [0.15, 0.2) is 5.82 Å². The van der Waals surface area contributed by atoms with Crippen molar-refractivity contribution in [2.45, 2.75) is 19.4 Å². The smallest absolute Gasteiger partial charge is 0.182 e. The molecular weight excluding hydrogens is 221 g/mol. The molecule has 17 heavy (non-hydrogen) atoms. The molecule has 0 radical (unpaired) electrons. The van der Waals surface area contributed by atoms with Crippen molar-refractivity contribution in [1.82, 2.24) is 20.2 Å². The second-order valence-electron chi connectivity index (χ2n) is 4.46. The quantitative estimate of drug-likeness (QED) is 0.800. The summed E-state index contributed by atoms with van der Waals surface area (Å²) in [6, 6.07) is 4.89. The summed E-state index contributed by atoms with van der Waals surface area (Å²) >= 11 is 0. The van der Waals surface area contributed by atoms with E-state index in [4.69, 9.17) is 5.73 Å². The molecule has 88 valence electrons. The van der Waals surface area contributed by atoms with Crippen LogP contribution in [0.1, 0.15) is 19.4 Å². The van der Waals surface area contributed by atoms with E-state index in [1.807, 2.05) is 0 Å². The zero-order valence-corrected chi connectivity index (χ0v) is 9.34. The van der Waals surface area contributed by atoms with Gasteiger partial charge in [0.25, 0.3) is 0 Å². The van der Waals surface area contributed by atoms with Crippen molar-refractivity contribution in [2.24, 2.45) is 5.92 Å². The molecule has 1 aliphatic rings. The molecule has 1 aromatic carbocycles. The molecule has 2 atom stereocenters. The Morgan fingerprint density at radius 1 is 1.47 bits per heavy atom. The minimum atomic E-state index is -0.424. The Bertz CT molecular complexity index is 565. The van der Waals surface area contributed by atoms with Gasteiger partial charge >= 0.3 is 0 Å². The van der Waals surface area contributed by atoms with Crippen LogP contribution in [0.15, 0.2) is 18.2 Å². The molecule has 0 spiro atoms. The Morgan fingerprint density at radius 2 is 2.24 bits per heavy atom. The van der Waals surface area contributed by atoms with E-state index in [9.17, 15) is 4.39 Å². The molecule has 5 nitrogen and oxygen atoms in total. The minimum absolute atomic E-state index is 0.112. The second kappa shape index (κ2) is 3.51. The first-order valence-electron chi connectivity index (χ1n) is 5.50. The van der Waals surface area contributed by atoms with E-state index in [0.717, 1.165) is 12.0 Å². The zero-order valence-electron chi connectivity index (χ0n) is 9.34. The summed E-state index contributed by atoms with van der Waals surface area (Å²) in [5.41, 5.74) is 6.40. The van der Waals surface area contributed by atoms with Crippen LogP contribution in [0.25, 0.3) is 11.4 Å². The molecular formula is C11H12FN5. The number of aromatic nitrogens is 4. The Labute approximate surface area is 97.4 Å². The number of rotatable bonds is 2. The van der Waals surface area contributed by atoms with Crippen molar-refractivity contribution in [3.05, 3.63) is 24.0 Å². The standard InChI is InChI=1S/C11H12FN5/c1-6-4-10(6)17-11(14-15-16-17)7-2-3-8(12)9(13)5-7/h2-3,5-6,10H,4,13H2,1H3. The lowest BCUT2D eigenvalue weighted by Crippen LogP contribution is -2.02. The summed E-state index contributed by atoms with van der Waals surface area (Å²) in [4.78, 5) is 0. The average molecular weight is 233 g/mol. The molecule has 2 N–H and O–H groups in total. The van der Waals surface area contributed by atoms with Gasteiger partial charge in [0, 0.05) is 5.56 Å². The van der Waals surface area contributed by atoms with Gasteiger partial charge in [-0.2, -0.15) is 0 Å². The highest BCUT2D eigenvalue weighted by Gasteiger charge is 2.37. The van der Waals surface area contributed by atoms with E-state index >= 15 is 0 Å². The third-order valence-electron chi connectivity index (χ3n) is 3.13. The lowest BCUT2D eigenvalue weighted by Gasteiger charge is -2.04. The molecule has 1 heterocycles. The first-order valence-corrected chi connectivity index (χ1v) is 5.50. The maximum absolute atomic E-state index is 13.1. The molecule has 2 aromatic rings. The van der Waals surface area contributed by atoms with E-state index < -0.39 is 5.82 Å². The van der Waals surface area contributed by atoms with Crippen LogP contribution in [0, 0.1) is 11.7 Å². The Morgan fingerprint density at radius 3 is 2.88 bits per heavy atom. The van der Waals surface area contributed by atoms with Crippen LogP contribution in [0.5, 0.6) is 0 Å². The lowest BCUT2D eigenvalue weighted by molar-refractivity contribution is 0.584. The third kappa shape index (κ3) is 1.65. The van der Waals surface area contributed by atoms with Crippen molar-refractivity contribution in [3.63, 3.8) is 0 Å². The molecule has 0 bridgehead atoms. The number of nitrogen functional groups attached to an aromatic ring is 1. The summed E-state index contributed by atoms with van der Waals surface area (Å²) in [5, 5.41) is 11.6. The largest absolute Gasteiger partial charge is 0.396 e. The van der Waals surface area contributed by atoms with Gasteiger partial charge in [-0.05, 0) is 41.0 Å². The molecule has 0 saturated heterocycles. The van der Waals surface area contributed by atoms with E-state index in [-0.39, 0.29) is 5.69 Å². The molecule has 6 heteroatoms. The fourth-order valence-corrected chi connectivity index (χ4v) is 1.93. The predicted octanol–water partition coefficient (Wildman–Crippen LogP) is 1.64. The number of halogens is 1. The van der Waals surface area contributed by atoms with Crippen LogP contribution >= 0.6 is 0 Å². The second-order valence-corrected chi connectivity index (χ2v) is 4.46. The summed E-state index contributed by atoms with van der Waals surface area (Å²) in [6.07, 6.45) is 1.08. The first kappa shape index (κ1) is 10.2. The monoisotopic (exact) mass is 233 g/mol. The van der Waals surface area contributed by atoms with Gasteiger partial charge in [-0.3, -0.25) is 0 Å². The molecule has 3 rings (SSSR count). The normalized spacial score (nSPS) is 22.7. The van der Waals surface area contributed by atoms with Crippen molar-refractivity contribution < 1.29 is 4.39 Å². The SMILES string of the molecule is CC1CC1n1nnnc1-c1ccc(F)c(N)c1. The van der Waals surface area contributed by atoms with E-state index in [1.165, 1.54) is 6.07 Å². The maximum Gasteiger partial charge on any atom is 0.182 e. The highest BCUT2D eigenvalue weighted by molar-refractivity contribution is 5.61. The Hall–Kier alpha value is -1.98. The van der Waals surface area contributed by atoms with Crippen LogP contribution in [0.3, 0.4) is 0 Å². The molecule has 1 fully saturated rings. The molecule has 1 aromatic heterocycles. The minimum Gasteiger partial charge on any atom is -0.396 e. The van der Waals surface area contributed by atoms with Gasteiger partial charge in [0.2, 0.25) is 0 Å². The summed E-state index contributed by atoms with van der Waals surface area (Å²) < 4.78 is 14.9. The molecule has 1 aliphatic carbocycles. The maximum atomic E-state index is 13.1. The average Bonchev–Trinajstić information content (AvgIpc) is 2.85. The van der Waals surface area contributed by atoms with E-state index in [0.29, 0.717) is 17.8 Å². The van der Waals surface area contributed by atoms with Gasteiger partial charge in [-0.25, -0.2) is 9.07 Å².